The number of carbonyl (C=O) groups excluding carboxylic acids is 1. The molecular formula is C27H23FN2O3S. The average Bonchev–Trinajstić information content (AvgIpc) is 2.84. The van der Waals surface area contributed by atoms with Gasteiger partial charge in [-0.05, 0) is 55.0 Å². The van der Waals surface area contributed by atoms with Gasteiger partial charge in [-0.3, -0.25) is 9.10 Å². The monoisotopic (exact) mass is 474 g/mol. The van der Waals surface area contributed by atoms with Crippen LogP contribution in [0.5, 0.6) is 0 Å². The fraction of sp³-hybridized carbons (Fsp3) is 0.0741. The number of sulfonamides is 1. The highest BCUT2D eigenvalue weighted by molar-refractivity contribution is 7.92. The van der Waals surface area contributed by atoms with E-state index in [9.17, 15) is 17.6 Å². The second-order valence-corrected chi connectivity index (χ2v) is 9.62. The first kappa shape index (κ1) is 23.2. The maximum absolute atomic E-state index is 13.5. The number of benzene rings is 4. The van der Waals surface area contributed by atoms with Gasteiger partial charge in [-0.15, -0.1) is 0 Å². The molecule has 0 radical (unpaired) electrons. The van der Waals surface area contributed by atoms with Gasteiger partial charge >= 0.3 is 0 Å². The third kappa shape index (κ3) is 5.15. The maximum Gasteiger partial charge on any atom is 0.264 e. The molecule has 34 heavy (non-hydrogen) atoms. The Kier molecular flexibility index (Phi) is 6.75. The van der Waals surface area contributed by atoms with Gasteiger partial charge < -0.3 is 5.32 Å². The predicted octanol–water partition coefficient (Wildman–Crippen LogP) is 5.64. The highest BCUT2D eigenvalue weighted by Gasteiger charge is 2.27. The standard InChI is InChI=1S/C27H23FN2O3S/c1-20-11-17-24(18-12-20)34(32,33)30(23-15-13-22(28)14-16-23)19-27(31)29-26-10-6-5-9-25(26)21-7-3-2-4-8-21/h2-18H,19H2,1H3,(H,29,31). The normalized spacial score (nSPS) is 11.1. The average molecular weight is 475 g/mol. The molecule has 0 saturated heterocycles. The molecule has 4 aromatic carbocycles. The van der Waals surface area contributed by atoms with Gasteiger partial charge in [0.05, 0.1) is 10.6 Å². The second kappa shape index (κ2) is 9.89. The van der Waals surface area contributed by atoms with E-state index in [1.807, 2.05) is 49.4 Å². The Labute approximate surface area is 198 Å². The molecule has 0 unspecified atom stereocenters. The Balaban J connectivity index is 1.66. The van der Waals surface area contributed by atoms with Crippen molar-refractivity contribution in [2.75, 3.05) is 16.2 Å². The van der Waals surface area contributed by atoms with Crippen LogP contribution in [-0.4, -0.2) is 20.9 Å². The van der Waals surface area contributed by atoms with Crippen molar-refractivity contribution in [1.29, 1.82) is 0 Å². The zero-order valence-electron chi connectivity index (χ0n) is 18.5. The molecule has 0 saturated carbocycles. The second-order valence-electron chi connectivity index (χ2n) is 7.76. The van der Waals surface area contributed by atoms with Crippen LogP contribution in [0.15, 0.2) is 108 Å². The van der Waals surface area contributed by atoms with Gasteiger partial charge in [-0.25, -0.2) is 12.8 Å². The van der Waals surface area contributed by atoms with E-state index >= 15 is 0 Å². The Bertz CT molecular complexity index is 1390. The van der Waals surface area contributed by atoms with E-state index in [0.717, 1.165) is 33.1 Å². The van der Waals surface area contributed by atoms with Crippen LogP contribution in [0.3, 0.4) is 0 Å². The number of hydrogen-bond donors (Lipinski definition) is 1. The molecule has 5 nitrogen and oxygen atoms in total. The van der Waals surface area contributed by atoms with Crippen LogP contribution in [0.25, 0.3) is 11.1 Å². The summed E-state index contributed by atoms with van der Waals surface area (Å²) in [7, 11) is -4.08. The van der Waals surface area contributed by atoms with Crippen molar-refractivity contribution in [2.24, 2.45) is 0 Å². The minimum atomic E-state index is -4.08. The van der Waals surface area contributed by atoms with Crippen LogP contribution in [0.2, 0.25) is 0 Å². The molecule has 172 valence electrons. The molecule has 0 aliphatic carbocycles. The van der Waals surface area contributed by atoms with Crippen LogP contribution in [0.1, 0.15) is 5.56 Å². The predicted molar refractivity (Wildman–Crippen MR) is 133 cm³/mol. The van der Waals surface area contributed by atoms with E-state index in [1.165, 1.54) is 24.3 Å². The van der Waals surface area contributed by atoms with Crippen LogP contribution in [0.4, 0.5) is 15.8 Å². The minimum Gasteiger partial charge on any atom is -0.324 e. The minimum absolute atomic E-state index is 0.0416. The molecule has 0 spiro atoms. The number of nitrogens with one attached hydrogen (secondary N) is 1. The van der Waals surface area contributed by atoms with Crippen molar-refractivity contribution < 1.29 is 17.6 Å². The van der Waals surface area contributed by atoms with Crippen molar-refractivity contribution in [3.8, 4) is 11.1 Å². The number of carbonyl (C=O) groups is 1. The number of halogens is 1. The molecule has 0 aromatic heterocycles. The molecule has 0 heterocycles. The zero-order chi connectivity index (χ0) is 24.1. The molecule has 1 amide bonds. The Morgan fingerprint density at radius 2 is 1.44 bits per heavy atom. The summed E-state index contributed by atoms with van der Waals surface area (Å²) in [6, 6.07) is 28.2. The number of rotatable bonds is 7. The number of aryl methyl sites for hydroxylation is 1. The lowest BCUT2D eigenvalue weighted by atomic mass is 10.0. The van der Waals surface area contributed by atoms with Crippen LogP contribution >= 0.6 is 0 Å². The third-order valence-electron chi connectivity index (χ3n) is 5.30. The molecule has 0 fully saturated rings. The van der Waals surface area contributed by atoms with E-state index in [0.29, 0.717) is 5.69 Å². The summed E-state index contributed by atoms with van der Waals surface area (Å²) in [6.45, 7) is 1.37. The van der Waals surface area contributed by atoms with Crippen molar-refractivity contribution >= 4 is 27.3 Å². The van der Waals surface area contributed by atoms with E-state index in [1.54, 1.807) is 24.3 Å². The van der Waals surface area contributed by atoms with Gasteiger partial charge in [0.15, 0.2) is 0 Å². The summed E-state index contributed by atoms with van der Waals surface area (Å²) in [6.07, 6.45) is 0. The van der Waals surface area contributed by atoms with E-state index in [-0.39, 0.29) is 10.6 Å². The number of anilines is 2. The van der Waals surface area contributed by atoms with E-state index in [2.05, 4.69) is 5.32 Å². The summed E-state index contributed by atoms with van der Waals surface area (Å²) in [5, 5.41) is 2.83. The van der Waals surface area contributed by atoms with Gasteiger partial charge in [0.2, 0.25) is 5.91 Å². The van der Waals surface area contributed by atoms with Crippen LogP contribution in [-0.2, 0) is 14.8 Å². The van der Waals surface area contributed by atoms with Gasteiger partial charge in [0.1, 0.15) is 12.4 Å². The molecule has 7 heteroatoms. The zero-order valence-corrected chi connectivity index (χ0v) is 19.3. The smallest absolute Gasteiger partial charge is 0.264 e. The number of para-hydroxylation sites is 1. The molecule has 4 aromatic rings. The Morgan fingerprint density at radius 1 is 0.824 bits per heavy atom. The fourth-order valence-electron chi connectivity index (χ4n) is 3.54. The van der Waals surface area contributed by atoms with Crippen LogP contribution in [0, 0.1) is 12.7 Å². The summed E-state index contributed by atoms with van der Waals surface area (Å²) in [5.74, 6) is -1.03. The lowest BCUT2D eigenvalue weighted by Crippen LogP contribution is -2.38. The SMILES string of the molecule is Cc1ccc(S(=O)(=O)N(CC(=O)Nc2ccccc2-c2ccccc2)c2ccc(F)cc2)cc1. The number of nitrogens with zero attached hydrogens (tertiary/aromatic N) is 1. The summed E-state index contributed by atoms with van der Waals surface area (Å²) >= 11 is 0. The summed E-state index contributed by atoms with van der Waals surface area (Å²) in [4.78, 5) is 13.1. The number of hydrogen-bond acceptors (Lipinski definition) is 3. The third-order valence-corrected chi connectivity index (χ3v) is 7.08. The number of amides is 1. The van der Waals surface area contributed by atoms with Crippen molar-refractivity contribution in [3.63, 3.8) is 0 Å². The van der Waals surface area contributed by atoms with Crippen molar-refractivity contribution in [2.45, 2.75) is 11.8 Å². The summed E-state index contributed by atoms with van der Waals surface area (Å²) in [5.41, 5.74) is 3.38. The van der Waals surface area contributed by atoms with E-state index < -0.39 is 28.3 Å². The first-order chi connectivity index (χ1) is 16.3. The Morgan fingerprint density at radius 3 is 2.12 bits per heavy atom. The van der Waals surface area contributed by atoms with Gasteiger partial charge in [-0.1, -0.05) is 66.2 Å². The lowest BCUT2D eigenvalue weighted by Gasteiger charge is -2.24. The maximum atomic E-state index is 13.5. The highest BCUT2D eigenvalue weighted by Crippen LogP contribution is 2.28. The fourth-order valence-corrected chi connectivity index (χ4v) is 4.96. The van der Waals surface area contributed by atoms with Crippen molar-refractivity contribution in [3.05, 3.63) is 115 Å². The molecule has 0 atom stereocenters. The van der Waals surface area contributed by atoms with Crippen LogP contribution < -0.4 is 9.62 Å². The molecule has 1 N–H and O–H groups in total. The quantitative estimate of drug-likeness (QED) is 0.377. The molecule has 0 bridgehead atoms. The summed E-state index contributed by atoms with van der Waals surface area (Å²) < 4.78 is 41.4. The molecule has 4 rings (SSSR count). The van der Waals surface area contributed by atoms with Gasteiger partial charge in [0, 0.05) is 11.3 Å². The van der Waals surface area contributed by atoms with Crippen molar-refractivity contribution in [1.82, 2.24) is 0 Å². The molecule has 0 aliphatic heterocycles. The van der Waals surface area contributed by atoms with Gasteiger partial charge in [0.25, 0.3) is 10.0 Å². The first-order valence-corrected chi connectivity index (χ1v) is 12.1. The molecular weight excluding hydrogens is 451 g/mol. The molecule has 0 aliphatic rings. The first-order valence-electron chi connectivity index (χ1n) is 10.6. The highest BCUT2D eigenvalue weighted by atomic mass is 32.2. The topological polar surface area (TPSA) is 66.5 Å². The van der Waals surface area contributed by atoms with Gasteiger partial charge in [-0.2, -0.15) is 0 Å². The Hall–Kier alpha value is -3.97. The lowest BCUT2D eigenvalue weighted by molar-refractivity contribution is -0.114. The largest absolute Gasteiger partial charge is 0.324 e. The van der Waals surface area contributed by atoms with E-state index in [4.69, 9.17) is 0 Å².